The number of carbonyl (C=O) groups is 1. The van der Waals surface area contributed by atoms with E-state index in [1.807, 2.05) is 25.1 Å². The number of aliphatic hydroxyl groups excluding tert-OH is 2. The monoisotopic (exact) mass is 267 g/mol. The minimum absolute atomic E-state index is 0.227. The van der Waals surface area contributed by atoms with Crippen molar-refractivity contribution in [1.82, 2.24) is 5.32 Å². The van der Waals surface area contributed by atoms with E-state index in [0.29, 0.717) is 12.1 Å². The number of hydrogen-bond acceptors (Lipinski definition) is 5. The van der Waals surface area contributed by atoms with Crippen LogP contribution in [-0.2, 0) is 16.1 Å². The van der Waals surface area contributed by atoms with E-state index in [1.54, 1.807) is 6.07 Å². The number of methoxy groups -OCH3 is 1. The molecule has 0 heterocycles. The molecule has 1 rings (SSSR count). The van der Waals surface area contributed by atoms with E-state index in [4.69, 9.17) is 0 Å². The first-order valence-electron chi connectivity index (χ1n) is 6.31. The molecule has 19 heavy (non-hydrogen) atoms. The summed E-state index contributed by atoms with van der Waals surface area (Å²) >= 11 is 0. The van der Waals surface area contributed by atoms with Gasteiger partial charge in [0.2, 0.25) is 0 Å². The zero-order valence-corrected chi connectivity index (χ0v) is 11.3. The van der Waals surface area contributed by atoms with Crippen molar-refractivity contribution in [3.05, 3.63) is 35.4 Å². The van der Waals surface area contributed by atoms with Crippen LogP contribution in [0, 0.1) is 0 Å². The van der Waals surface area contributed by atoms with E-state index in [0.717, 1.165) is 12.1 Å². The molecule has 0 aliphatic heterocycles. The molecule has 0 spiro atoms. The van der Waals surface area contributed by atoms with Crippen LogP contribution in [0.3, 0.4) is 0 Å². The van der Waals surface area contributed by atoms with Gasteiger partial charge in [-0.25, -0.2) is 0 Å². The lowest BCUT2D eigenvalue weighted by Crippen LogP contribution is -2.22. The van der Waals surface area contributed by atoms with Crippen molar-refractivity contribution >= 4 is 5.97 Å². The summed E-state index contributed by atoms with van der Waals surface area (Å²) in [7, 11) is 1.25. The smallest absolute Gasteiger partial charge is 0.308 e. The van der Waals surface area contributed by atoms with Crippen LogP contribution in [0.5, 0.6) is 0 Å². The third kappa shape index (κ3) is 4.98. The highest BCUT2D eigenvalue weighted by Gasteiger charge is 2.21. The van der Waals surface area contributed by atoms with Crippen LogP contribution in [0.1, 0.15) is 30.6 Å². The molecule has 2 unspecified atom stereocenters. The molecule has 0 saturated carbocycles. The first-order valence-corrected chi connectivity index (χ1v) is 6.31. The Morgan fingerprint density at radius 3 is 2.79 bits per heavy atom. The van der Waals surface area contributed by atoms with Gasteiger partial charge in [-0.3, -0.25) is 4.79 Å². The predicted molar refractivity (Wildman–Crippen MR) is 71.4 cm³/mol. The maximum atomic E-state index is 11.1. The number of ether oxygens (including phenoxy) is 1. The van der Waals surface area contributed by atoms with E-state index < -0.39 is 18.2 Å². The summed E-state index contributed by atoms with van der Waals surface area (Å²) in [6.45, 7) is 3.57. The van der Waals surface area contributed by atoms with Gasteiger partial charge < -0.3 is 20.3 Å². The Bertz CT molecular complexity index is 408. The summed E-state index contributed by atoms with van der Waals surface area (Å²) in [5.74, 6) is -0.546. The molecule has 3 N–H and O–H groups in total. The van der Waals surface area contributed by atoms with Crippen molar-refractivity contribution in [3.8, 4) is 0 Å². The van der Waals surface area contributed by atoms with Crippen LogP contribution in [0.15, 0.2) is 24.3 Å². The van der Waals surface area contributed by atoms with Crippen molar-refractivity contribution < 1.29 is 19.7 Å². The Labute approximate surface area is 113 Å². The molecule has 0 amide bonds. The van der Waals surface area contributed by atoms with Crippen LogP contribution in [0.4, 0.5) is 0 Å². The maximum Gasteiger partial charge on any atom is 0.308 e. The van der Waals surface area contributed by atoms with E-state index in [2.05, 4.69) is 10.1 Å². The molecule has 0 aliphatic carbocycles. The van der Waals surface area contributed by atoms with E-state index in [1.165, 1.54) is 7.11 Å². The Morgan fingerprint density at radius 2 is 2.16 bits per heavy atom. The van der Waals surface area contributed by atoms with Crippen LogP contribution in [0.25, 0.3) is 0 Å². The number of benzene rings is 1. The van der Waals surface area contributed by atoms with Gasteiger partial charge in [-0.2, -0.15) is 0 Å². The number of carbonyl (C=O) groups excluding carboxylic acids is 1. The Balaban J connectivity index is 2.69. The normalized spacial score (nSPS) is 13.9. The molecule has 0 radical (unpaired) electrons. The first-order chi connectivity index (χ1) is 9.08. The van der Waals surface area contributed by atoms with Gasteiger partial charge in [0, 0.05) is 6.54 Å². The molecule has 0 bridgehead atoms. The first kappa shape index (κ1) is 15.6. The van der Waals surface area contributed by atoms with Crippen molar-refractivity contribution in [3.63, 3.8) is 0 Å². The summed E-state index contributed by atoms with van der Waals surface area (Å²) in [5.41, 5.74) is 1.61. The molecule has 0 saturated heterocycles. The minimum atomic E-state index is -1.16. The van der Waals surface area contributed by atoms with Gasteiger partial charge in [-0.1, -0.05) is 31.2 Å². The summed E-state index contributed by atoms with van der Waals surface area (Å²) in [6, 6.07) is 7.29. The van der Waals surface area contributed by atoms with Crippen LogP contribution >= 0.6 is 0 Å². The summed E-state index contributed by atoms with van der Waals surface area (Å²) in [4.78, 5) is 11.1. The van der Waals surface area contributed by atoms with Crippen molar-refractivity contribution in [1.29, 1.82) is 0 Å². The van der Waals surface area contributed by atoms with E-state index >= 15 is 0 Å². The zero-order valence-electron chi connectivity index (χ0n) is 11.3. The molecule has 106 valence electrons. The van der Waals surface area contributed by atoms with Gasteiger partial charge in [-0.05, 0) is 17.7 Å². The minimum Gasteiger partial charge on any atom is -0.469 e. The molecule has 0 aliphatic rings. The topological polar surface area (TPSA) is 78.8 Å². The molecule has 0 fully saturated rings. The van der Waals surface area contributed by atoms with Crippen LogP contribution < -0.4 is 5.32 Å². The standard InChI is InChI=1S/C14H21NO4/c1-3-15-9-10-5-4-6-11(7-10)14(18)12(16)8-13(17)19-2/h4-7,12,14-16,18H,3,8-9H2,1-2H3. The molecular formula is C14H21NO4. The quantitative estimate of drug-likeness (QED) is 0.635. The van der Waals surface area contributed by atoms with Crippen molar-refractivity contribution in [2.45, 2.75) is 32.1 Å². The van der Waals surface area contributed by atoms with Crippen LogP contribution in [-0.4, -0.2) is 35.9 Å². The highest BCUT2D eigenvalue weighted by Crippen LogP contribution is 2.20. The van der Waals surface area contributed by atoms with Crippen molar-refractivity contribution in [2.75, 3.05) is 13.7 Å². The summed E-state index contributed by atoms with van der Waals surface area (Å²) in [5, 5.41) is 23.0. The van der Waals surface area contributed by atoms with Gasteiger partial charge in [0.05, 0.1) is 19.6 Å². The molecule has 1 aromatic carbocycles. The second-order valence-electron chi connectivity index (χ2n) is 4.32. The fourth-order valence-corrected chi connectivity index (χ4v) is 1.74. The SMILES string of the molecule is CCNCc1cccc(C(O)C(O)CC(=O)OC)c1. The average molecular weight is 267 g/mol. The van der Waals surface area contributed by atoms with Gasteiger partial charge in [0.1, 0.15) is 6.10 Å². The highest BCUT2D eigenvalue weighted by molar-refractivity contribution is 5.69. The molecule has 0 aromatic heterocycles. The van der Waals surface area contributed by atoms with Crippen LogP contribution in [0.2, 0.25) is 0 Å². The molecule has 5 heteroatoms. The number of hydrogen-bond donors (Lipinski definition) is 3. The van der Waals surface area contributed by atoms with E-state index in [-0.39, 0.29) is 6.42 Å². The lowest BCUT2D eigenvalue weighted by molar-refractivity contribution is -0.144. The third-order valence-corrected chi connectivity index (χ3v) is 2.84. The predicted octanol–water partition coefficient (Wildman–Crippen LogP) is 0.754. The Hall–Kier alpha value is -1.43. The lowest BCUT2D eigenvalue weighted by Gasteiger charge is -2.18. The summed E-state index contributed by atoms with van der Waals surface area (Å²) < 4.78 is 4.46. The molecule has 2 atom stereocenters. The third-order valence-electron chi connectivity index (χ3n) is 2.84. The molecule has 1 aromatic rings. The molecule has 5 nitrogen and oxygen atoms in total. The zero-order chi connectivity index (χ0) is 14.3. The average Bonchev–Trinajstić information content (AvgIpc) is 2.44. The van der Waals surface area contributed by atoms with E-state index in [9.17, 15) is 15.0 Å². The number of nitrogens with one attached hydrogen (secondary N) is 1. The maximum absolute atomic E-state index is 11.1. The lowest BCUT2D eigenvalue weighted by atomic mass is 10.00. The second-order valence-corrected chi connectivity index (χ2v) is 4.32. The second kappa shape index (κ2) is 7.89. The Morgan fingerprint density at radius 1 is 1.42 bits per heavy atom. The number of esters is 1. The largest absolute Gasteiger partial charge is 0.469 e. The molecular weight excluding hydrogens is 246 g/mol. The van der Waals surface area contributed by atoms with Crippen molar-refractivity contribution in [2.24, 2.45) is 0 Å². The number of aliphatic hydroxyl groups is 2. The van der Waals surface area contributed by atoms with Gasteiger partial charge in [0.25, 0.3) is 0 Å². The highest BCUT2D eigenvalue weighted by atomic mass is 16.5. The fourth-order valence-electron chi connectivity index (χ4n) is 1.74. The number of rotatable bonds is 7. The Kier molecular flexibility index (Phi) is 6.49. The van der Waals surface area contributed by atoms with Gasteiger partial charge in [-0.15, -0.1) is 0 Å². The fraction of sp³-hybridized carbons (Fsp3) is 0.500. The van der Waals surface area contributed by atoms with Gasteiger partial charge in [0.15, 0.2) is 0 Å². The van der Waals surface area contributed by atoms with Gasteiger partial charge >= 0.3 is 5.97 Å². The summed E-state index contributed by atoms with van der Waals surface area (Å²) in [6.07, 6.45) is -2.49.